The number of nitrogens with one attached hydrogen (secondary N) is 1. The maximum atomic E-state index is 13.1. The summed E-state index contributed by atoms with van der Waals surface area (Å²) in [6.07, 6.45) is 5.50. The molecule has 1 N–H and O–H groups in total. The van der Waals surface area contributed by atoms with E-state index in [0.29, 0.717) is 13.1 Å². The van der Waals surface area contributed by atoms with E-state index in [0.717, 1.165) is 38.8 Å². The molecule has 3 fully saturated rings. The van der Waals surface area contributed by atoms with Gasteiger partial charge in [-0.25, -0.2) is 8.42 Å². The molecular formula is C23H36N4O3S. The average Bonchev–Trinajstić information content (AvgIpc) is 3.27. The molecule has 0 unspecified atom stereocenters. The van der Waals surface area contributed by atoms with Crippen LogP contribution in [0.4, 0.5) is 5.69 Å². The van der Waals surface area contributed by atoms with E-state index >= 15 is 0 Å². The Labute approximate surface area is 186 Å². The van der Waals surface area contributed by atoms with Crippen molar-refractivity contribution in [1.82, 2.24) is 14.5 Å². The Kier molecular flexibility index (Phi) is 6.89. The van der Waals surface area contributed by atoms with E-state index in [9.17, 15) is 13.2 Å². The lowest BCUT2D eigenvalue weighted by Crippen LogP contribution is -2.54. The largest absolute Gasteiger partial charge is 0.368 e. The molecule has 8 heteroatoms. The molecule has 2 aliphatic heterocycles. The summed E-state index contributed by atoms with van der Waals surface area (Å²) in [6.45, 7) is 7.65. The Bertz CT molecular complexity index is 890. The van der Waals surface area contributed by atoms with E-state index in [-0.39, 0.29) is 30.8 Å². The van der Waals surface area contributed by atoms with E-state index in [1.165, 1.54) is 27.5 Å². The number of aryl methyl sites for hydroxylation is 2. The minimum absolute atomic E-state index is 0.0241. The fourth-order valence-electron chi connectivity index (χ4n) is 5.13. The van der Waals surface area contributed by atoms with Crippen molar-refractivity contribution in [2.24, 2.45) is 5.92 Å². The van der Waals surface area contributed by atoms with Gasteiger partial charge in [-0.3, -0.25) is 10.1 Å². The second kappa shape index (κ2) is 9.46. The van der Waals surface area contributed by atoms with Crippen LogP contribution in [0.25, 0.3) is 0 Å². The van der Waals surface area contributed by atoms with Crippen molar-refractivity contribution in [3.8, 4) is 0 Å². The summed E-state index contributed by atoms with van der Waals surface area (Å²) in [5.74, 6) is 0.520. The lowest BCUT2D eigenvalue weighted by molar-refractivity contribution is -0.133. The highest BCUT2D eigenvalue weighted by Gasteiger charge is 2.38. The number of benzene rings is 1. The number of amides is 1. The van der Waals surface area contributed by atoms with Crippen molar-refractivity contribution in [3.05, 3.63) is 29.3 Å². The fraction of sp³-hybridized carbons (Fsp3) is 0.696. The number of piperazine rings is 1. The zero-order valence-corrected chi connectivity index (χ0v) is 19.7. The molecule has 1 amide bonds. The smallest absolute Gasteiger partial charge is 0.241 e. The first-order valence-corrected chi connectivity index (χ1v) is 13.3. The molecule has 1 aliphatic carbocycles. The number of carbonyl (C=O) groups excluding carboxylic acids is 1. The number of hydrogen-bond donors (Lipinski definition) is 1. The molecule has 7 nitrogen and oxygen atoms in total. The van der Waals surface area contributed by atoms with E-state index in [2.05, 4.69) is 42.3 Å². The van der Waals surface area contributed by atoms with Gasteiger partial charge in [0.25, 0.3) is 0 Å². The van der Waals surface area contributed by atoms with Crippen molar-refractivity contribution in [3.63, 3.8) is 0 Å². The van der Waals surface area contributed by atoms with Gasteiger partial charge in [-0.1, -0.05) is 31.4 Å². The predicted octanol–water partition coefficient (Wildman–Crippen LogP) is 2.09. The molecule has 0 bridgehead atoms. The Morgan fingerprint density at radius 3 is 2.48 bits per heavy atom. The monoisotopic (exact) mass is 448 g/mol. The third-order valence-corrected chi connectivity index (χ3v) is 9.02. The first kappa shape index (κ1) is 22.6. The normalized spacial score (nSPS) is 24.0. The zero-order chi connectivity index (χ0) is 22.0. The molecule has 172 valence electrons. The molecule has 31 heavy (non-hydrogen) atoms. The Balaban J connectivity index is 1.30. The van der Waals surface area contributed by atoms with Crippen molar-refractivity contribution < 1.29 is 13.2 Å². The molecule has 3 aliphatic rings. The first-order chi connectivity index (χ1) is 14.8. The number of carbonyl (C=O) groups is 1. The first-order valence-electron chi connectivity index (χ1n) is 11.7. The number of sulfonamides is 1. The maximum absolute atomic E-state index is 13.1. The number of nitrogens with zero attached hydrogens (tertiary/aromatic N) is 3. The molecule has 4 rings (SSSR count). The molecule has 2 heterocycles. The highest BCUT2D eigenvalue weighted by atomic mass is 32.2. The molecule has 1 aromatic carbocycles. The molecule has 2 saturated heterocycles. The number of rotatable bonds is 5. The third-order valence-electron chi connectivity index (χ3n) is 7.06. The van der Waals surface area contributed by atoms with Crippen molar-refractivity contribution >= 4 is 21.6 Å². The van der Waals surface area contributed by atoms with Crippen LogP contribution in [0.15, 0.2) is 18.2 Å². The van der Waals surface area contributed by atoms with Gasteiger partial charge in [0.05, 0.1) is 12.4 Å². The highest BCUT2D eigenvalue weighted by Crippen LogP contribution is 2.27. The summed E-state index contributed by atoms with van der Waals surface area (Å²) in [5, 5.41) is 3.15. The van der Waals surface area contributed by atoms with Crippen LogP contribution in [0.3, 0.4) is 0 Å². The van der Waals surface area contributed by atoms with Crippen LogP contribution in [0.1, 0.15) is 43.2 Å². The molecule has 1 atom stereocenters. The minimum atomic E-state index is -3.32. The average molecular weight is 449 g/mol. The summed E-state index contributed by atoms with van der Waals surface area (Å²) in [6, 6.07) is 6.04. The lowest BCUT2D eigenvalue weighted by atomic mass is 9.91. The van der Waals surface area contributed by atoms with E-state index in [1.807, 2.05) is 4.90 Å². The van der Waals surface area contributed by atoms with Crippen LogP contribution in [0.5, 0.6) is 0 Å². The molecule has 0 aromatic heterocycles. The Morgan fingerprint density at radius 1 is 1.06 bits per heavy atom. The topological polar surface area (TPSA) is 73.0 Å². The molecule has 0 radical (unpaired) electrons. The van der Waals surface area contributed by atoms with Crippen LogP contribution in [0, 0.1) is 19.8 Å². The highest BCUT2D eigenvalue weighted by molar-refractivity contribution is 7.89. The van der Waals surface area contributed by atoms with Crippen LogP contribution in [-0.4, -0.2) is 74.7 Å². The second-order valence-corrected chi connectivity index (χ2v) is 11.4. The van der Waals surface area contributed by atoms with E-state index in [1.54, 1.807) is 0 Å². The molecule has 1 saturated carbocycles. The van der Waals surface area contributed by atoms with Crippen molar-refractivity contribution in [2.45, 2.75) is 52.0 Å². The predicted molar refractivity (Wildman–Crippen MR) is 124 cm³/mol. The van der Waals surface area contributed by atoms with Crippen LogP contribution < -0.4 is 10.2 Å². The Hall–Kier alpha value is -1.64. The van der Waals surface area contributed by atoms with Crippen LogP contribution in [-0.2, 0) is 14.8 Å². The summed E-state index contributed by atoms with van der Waals surface area (Å²) >= 11 is 0. The van der Waals surface area contributed by atoms with Gasteiger partial charge in [-0.05, 0) is 49.8 Å². The minimum Gasteiger partial charge on any atom is -0.368 e. The standard InChI is InChI=1S/C23H36N4O3S/c1-18-8-9-19(2)22(14-18)25-10-12-26(13-11-25)23(28)21-15-27(17-24-21)31(29,30)16-20-6-4-3-5-7-20/h8-9,14,20-21,24H,3-7,10-13,15-17H2,1-2H3/t21-/m0/s1. The Morgan fingerprint density at radius 2 is 1.77 bits per heavy atom. The van der Waals surface area contributed by atoms with Gasteiger partial charge >= 0.3 is 0 Å². The maximum Gasteiger partial charge on any atom is 0.241 e. The van der Waals surface area contributed by atoms with Gasteiger partial charge in [0, 0.05) is 38.4 Å². The fourth-order valence-corrected chi connectivity index (χ4v) is 6.91. The summed E-state index contributed by atoms with van der Waals surface area (Å²) in [4.78, 5) is 17.3. The lowest BCUT2D eigenvalue weighted by Gasteiger charge is -2.37. The summed E-state index contributed by atoms with van der Waals surface area (Å²) in [5.41, 5.74) is 3.73. The third kappa shape index (κ3) is 5.23. The quantitative estimate of drug-likeness (QED) is 0.747. The number of hydrogen-bond acceptors (Lipinski definition) is 5. The number of anilines is 1. The second-order valence-electron chi connectivity index (χ2n) is 9.43. The molecular weight excluding hydrogens is 412 g/mol. The molecule has 0 spiro atoms. The van der Waals surface area contributed by atoms with E-state index in [4.69, 9.17) is 0 Å². The summed E-state index contributed by atoms with van der Waals surface area (Å²) < 4.78 is 27.2. The van der Waals surface area contributed by atoms with Gasteiger partial charge in [-0.15, -0.1) is 0 Å². The van der Waals surface area contributed by atoms with Gasteiger partial charge in [0.2, 0.25) is 15.9 Å². The van der Waals surface area contributed by atoms with Crippen molar-refractivity contribution in [2.75, 3.05) is 50.0 Å². The van der Waals surface area contributed by atoms with Crippen molar-refractivity contribution in [1.29, 1.82) is 0 Å². The van der Waals surface area contributed by atoms with Gasteiger partial charge in [0.15, 0.2) is 0 Å². The zero-order valence-electron chi connectivity index (χ0n) is 18.8. The van der Waals surface area contributed by atoms with Gasteiger partial charge in [-0.2, -0.15) is 4.31 Å². The van der Waals surface area contributed by atoms with Crippen LogP contribution in [0.2, 0.25) is 0 Å². The van der Waals surface area contributed by atoms with Gasteiger partial charge in [0.1, 0.15) is 6.04 Å². The van der Waals surface area contributed by atoms with E-state index < -0.39 is 16.1 Å². The SMILES string of the molecule is Cc1ccc(C)c(N2CCN(C(=O)[C@@H]3CN(S(=O)(=O)CC4CCCCC4)CN3)CC2)c1. The molecule has 1 aromatic rings. The van der Waals surface area contributed by atoms with Gasteiger partial charge < -0.3 is 9.80 Å². The van der Waals surface area contributed by atoms with Crippen LogP contribution >= 0.6 is 0 Å². The summed E-state index contributed by atoms with van der Waals surface area (Å²) in [7, 11) is -3.32.